The molecule has 0 saturated carbocycles. The van der Waals surface area contributed by atoms with Crippen molar-refractivity contribution in [2.75, 3.05) is 43.4 Å². The largest absolute Gasteiger partial charge is 0.492 e. The quantitative estimate of drug-likeness (QED) is 0.0847. The maximum Gasteiger partial charge on any atom is 0.274 e. The molecule has 3 N–H and O–H groups in total. The number of benzene rings is 1. The Bertz CT molecular complexity index is 1480. The molecule has 0 saturated heterocycles. The summed E-state index contributed by atoms with van der Waals surface area (Å²) in [6.45, 7) is 3.51. The van der Waals surface area contributed by atoms with Gasteiger partial charge >= 0.3 is 0 Å². The minimum absolute atomic E-state index is 0.303. The Kier molecular flexibility index (Phi) is 9.75. The molecule has 1 unspecified atom stereocenters. The molecule has 4 heterocycles. The fourth-order valence-electron chi connectivity index (χ4n) is 5.17. The molecule has 0 spiro atoms. The number of hydrogen-bond acceptors (Lipinski definition) is 9. The van der Waals surface area contributed by atoms with Gasteiger partial charge in [-0.25, -0.2) is 14.1 Å². The monoisotopic (exact) mass is 577 g/mol. The Morgan fingerprint density at radius 3 is 2.90 bits per heavy atom. The summed E-state index contributed by atoms with van der Waals surface area (Å²) in [7, 11) is 1.77. The molecule has 0 bridgehead atoms. The number of unbranched alkanes of at least 4 members (excludes halogenated alkanes) is 1. The number of aryl methyl sites for hydroxylation is 3. The summed E-state index contributed by atoms with van der Waals surface area (Å²) >= 11 is 0. The zero-order valence-electron chi connectivity index (χ0n) is 23.9. The molecule has 12 heteroatoms. The highest BCUT2D eigenvalue weighted by Crippen LogP contribution is 2.21. The van der Waals surface area contributed by atoms with Gasteiger partial charge in [0.1, 0.15) is 35.4 Å². The number of carbonyl (C=O) groups is 1. The molecule has 0 radical (unpaired) electrons. The van der Waals surface area contributed by atoms with Gasteiger partial charge in [-0.05, 0) is 74.5 Å². The number of nitrogens with one attached hydrogen (secondary N) is 2. The number of rotatable bonds is 15. The molecule has 0 amide bonds. The molecule has 4 aromatic rings. The van der Waals surface area contributed by atoms with Gasteiger partial charge in [-0.2, -0.15) is 5.10 Å². The third-order valence-corrected chi connectivity index (χ3v) is 7.52. The summed E-state index contributed by atoms with van der Waals surface area (Å²) in [4.78, 5) is 23.3. The average molecular weight is 578 g/mol. The van der Waals surface area contributed by atoms with Gasteiger partial charge in [0.15, 0.2) is 6.29 Å². The molecule has 1 aliphatic rings. The van der Waals surface area contributed by atoms with Gasteiger partial charge < -0.3 is 15.3 Å². The van der Waals surface area contributed by atoms with E-state index < -0.39 is 6.04 Å². The van der Waals surface area contributed by atoms with Gasteiger partial charge in [0, 0.05) is 38.8 Å². The van der Waals surface area contributed by atoms with Crippen LogP contribution in [0.4, 0.5) is 16.0 Å². The van der Waals surface area contributed by atoms with E-state index in [1.165, 1.54) is 24.0 Å². The van der Waals surface area contributed by atoms with Crippen molar-refractivity contribution in [1.82, 2.24) is 24.6 Å². The van der Waals surface area contributed by atoms with Crippen LogP contribution in [0.1, 0.15) is 36.9 Å². The molecular weight excluding hydrogens is 539 g/mol. The average Bonchev–Trinajstić information content (AvgIpc) is 3.39. The van der Waals surface area contributed by atoms with E-state index in [4.69, 9.17) is 9.72 Å². The van der Waals surface area contributed by atoms with E-state index in [9.17, 15) is 14.4 Å². The number of ether oxygens (including phenoxy) is 1. The van der Waals surface area contributed by atoms with E-state index >= 15 is 0 Å². The predicted octanol–water partition coefficient (Wildman–Crippen LogP) is 3.16. The maximum absolute atomic E-state index is 13.3. The summed E-state index contributed by atoms with van der Waals surface area (Å²) in [6.07, 6.45) is 9.31. The van der Waals surface area contributed by atoms with Crippen LogP contribution in [-0.2, 0) is 24.7 Å². The Morgan fingerprint density at radius 2 is 2.07 bits per heavy atom. The van der Waals surface area contributed by atoms with Crippen molar-refractivity contribution in [3.05, 3.63) is 66.0 Å². The first-order chi connectivity index (χ1) is 20.5. The number of halogens is 1. The van der Waals surface area contributed by atoms with Crippen LogP contribution in [0.15, 0.2) is 48.9 Å². The molecule has 1 aliphatic heterocycles. The SMILES string of the molecule is Cn1ncc2c(NC(C=O)CCN(CCCCc3ccc4c(n3)NCCC4)CCOc3ccc(F)cc3)[n+](O)cnc21. The Balaban J connectivity index is 1.17. The molecule has 5 rings (SSSR count). The van der Waals surface area contributed by atoms with E-state index in [1.54, 1.807) is 30.1 Å². The number of aldehydes is 1. The van der Waals surface area contributed by atoms with Crippen molar-refractivity contribution in [3.8, 4) is 5.75 Å². The molecule has 0 fully saturated rings. The van der Waals surface area contributed by atoms with E-state index in [-0.39, 0.29) is 5.82 Å². The minimum atomic E-state index is -0.540. The molecule has 11 nitrogen and oxygen atoms in total. The standard InChI is InChI=1S/C30H37FN8O3/c1-37-29-27(19-34-37)30(39(41)21-33-29)36-25(20-40)13-16-38(17-18-42-26-11-8-23(31)9-12-26)15-3-2-6-24-10-7-22-5-4-14-32-28(22)35-24/h7-12,19-21,25,41H,2-6,13-18H2,1H3,(H,32,35)/p+1. The van der Waals surface area contributed by atoms with Crippen molar-refractivity contribution in [1.29, 1.82) is 0 Å². The lowest BCUT2D eigenvalue weighted by molar-refractivity contribution is -0.894. The highest BCUT2D eigenvalue weighted by Gasteiger charge is 2.22. The molecule has 1 atom stereocenters. The number of carbonyl (C=O) groups excluding carboxylic acids is 1. The summed E-state index contributed by atoms with van der Waals surface area (Å²) in [5.74, 6) is 1.69. The van der Waals surface area contributed by atoms with Crippen LogP contribution in [0.2, 0.25) is 0 Å². The number of anilines is 2. The van der Waals surface area contributed by atoms with Crippen LogP contribution in [0, 0.1) is 5.82 Å². The fraction of sp³-hybridized carbons (Fsp3) is 0.433. The number of fused-ring (bicyclic) bond motifs is 2. The van der Waals surface area contributed by atoms with Crippen molar-refractivity contribution in [2.45, 2.75) is 44.6 Å². The number of pyridine rings is 1. The third kappa shape index (κ3) is 7.49. The fourth-order valence-corrected chi connectivity index (χ4v) is 5.17. The third-order valence-electron chi connectivity index (χ3n) is 7.52. The van der Waals surface area contributed by atoms with Crippen LogP contribution in [0.5, 0.6) is 5.75 Å². The molecule has 222 valence electrons. The first kappa shape index (κ1) is 29.2. The second-order valence-electron chi connectivity index (χ2n) is 10.6. The lowest BCUT2D eigenvalue weighted by Gasteiger charge is -2.23. The van der Waals surface area contributed by atoms with Crippen LogP contribution < -0.4 is 20.1 Å². The Morgan fingerprint density at radius 1 is 1.21 bits per heavy atom. The van der Waals surface area contributed by atoms with Crippen LogP contribution >= 0.6 is 0 Å². The summed E-state index contributed by atoms with van der Waals surface area (Å²) in [6, 6.07) is 9.77. The Labute approximate surface area is 244 Å². The molecular formula is C30H38FN8O3+. The zero-order chi connectivity index (χ0) is 29.3. The van der Waals surface area contributed by atoms with Gasteiger partial charge in [-0.3, -0.25) is 15.0 Å². The first-order valence-electron chi connectivity index (χ1n) is 14.5. The van der Waals surface area contributed by atoms with Gasteiger partial charge in [-0.15, -0.1) is 0 Å². The predicted molar refractivity (Wildman–Crippen MR) is 156 cm³/mol. The second-order valence-corrected chi connectivity index (χ2v) is 10.6. The van der Waals surface area contributed by atoms with Crippen molar-refractivity contribution in [3.63, 3.8) is 0 Å². The summed E-state index contributed by atoms with van der Waals surface area (Å²) < 4.78 is 21.6. The summed E-state index contributed by atoms with van der Waals surface area (Å²) in [5.41, 5.74) is 2.98. The topological polar surface area (TPSA) is 121 Å². The van der Waals surface area contributed by atoms with Crippen molar-refractivity contribution >= 4 is 29.0 Å². The van der Waals surface area contributed by atoms with E-state index in [0.29, 0.717) is 48.7 Å². The zero-order valence-corrected chi connectivity index (χ0v) is 23.9. The number of nitrogens with zero attached hydrogens (tertiary/aromatic N) is 6. The lowest BCUT2D eigenvalue weighted by atomic mass is 10.1. The second kappa shape index (κ2) is 14.0. The van der Waals surface area contributed by atoms with Crippen LogP contribution in [0.25, 0.3) is 11.0 Å². The van der Waals surface area contributed by atoms with Gasteiger partial charge in [0.25, 0.3) is 12.1 Å². The van der Waals surface area contributed by atoms with E-state index in [2.05, 4.69) is 37.7 Å². The maximum atomic E-state index is 13.3. The normalized spacial score (nSPS) is 13.5. The molecule has 3 aromatic heterocycles. The highest BCUT2D eigenvalue weighted by atomic mass is 19.1. The molecule has 42 heavy (non-hydrogen) atoms. The number of aromatic nitrogens is 5. The smallest absolute Gasteiger partial charge is 0.274 e. The van der Waals surface area contributed by atoms with Crippen LogP contribution in [-0.4, -0.2) is 75.0 Å². The van der Waals surface area contributed by atoms with Gasteiger partial charge in [0.2, 0.25) is 5.65 Å². The first-order valence-corrected chi connectivity index (χ1v) is 14.5. The molecule has 0 aliphatic carbocycles. The Hall–Kier alpha value is -4.32. The van der Waals surface area contributed by atoms with Gasteiger partial charge in [0.05, 0.1) is 6.20 Å². The van der Waals surface area contributed by atoms with Gasteiger partial charge in [-0.1, -0.05) is 15.8 Å². The minimum Gasteiger partial charge on any atom is -0.492 e. The van der Waals surface area contributed by atoms with E-state index in [0.717, 1.165) is 67.7 Å². The number of hydrogen-bond donors (Lipinski definition) is 3. The van der Waals surface area contributed by atoms with E-state index in [1.807, 2.05) is 0 Å². The highest BCUT2D eigenvalue weighted by molar-refractivity contribution is 5.85. The van der Waals surface area contributed by atoms with Crippen molar-refractivity contribution in [2.24, 2.45) is 7.05 Å². The van der Waals surface area contributed by atoms with Crippen molar-refractivity contribution < 1.29 is 23.9 Å². The summed E-state index contributed by atoms with van der Waals surface area (Å²) in [5, 5.41) is 21.7. The van der Waals surface area contributed by atoms with Crippen LogP contribution in [0.3, 0.4) is 0 Å². The lowest BCUT2D eigenvalue weighted by Crippen LogP contribution is -2.39. The molecule has 1 aromatic carbocycles.